The van der Waals surface area contributed by atoms with Gasteiger partial charge in [-0.3, -0.25) is 4.79 Å². The van der Waals surface area contributed by atoms with Crippen LogP contribution in [0.4, 0.5) is 5.69 Å². The van der Waals surface area contributed by atoms with E-state index in [1.54, 1.807) is 21.3 Å². The number of hydrogen-bond donors (Lipinski definition) is 0. The molecular weight excluding hydrogens is 246 g/mol. The first-order valence-electron chi connectivity index (χ1n) is 6.26. The second kappa shape index (κ2) is 5.82. The molecule has 1 aromatic carbocycles. The van der Waals surface area contributed by atoms with Crippen molar-refractivity contribution in [1.82, 2.24) is 0 Å². The summed E-state index contributed by atoms with van der Waals surface area (Å²) in [5, 5.41) is 0. The lowest BCUT2D eigenvalue weighted by Crippen LogP contribution is -2.33. The van der Waals surface area contributed by atoms with E-state index in [1.165, 1.54) is 0 Å². The van der Waals surface area contributed by atoms with Gasteiger partial charge < -0.3 is 19.1 Å². The van der Waals surface area contributed by atoms with E-state index in [2.05, 4.69) is 4.90 Å². The van der Waals surface area contributed by atoms with Gasteiger partial charge in [-0.15, -0.1) is 0 Å². The first-order chi connectivity index (χ1) is 9.19. The van der Waals surface area contributed by atoms with Gasteiger partial charge in [0, 0.05) is 38.1 Å². The minimum absolute atomic E-state index is 0.315. The van der Waals surface area contributed by atoms with Gasteiger partial charge in [-0.25, -0.2) is 0 Å². The summed E-state index contributed by atoms with van der Waals surface area (Å²) in [6, 6.07) is 3.71. The zero-order valence-corrected chi connectivity index (χ0v) is 11.6. The summed E-state index contributed by atoms with van der Waals surface area (Å²) in [6.07, 6.45) is 1.16. The molecule has 19 heavy (non-hydrogen) atoms. The Balaban J connectivity index is 2.35. The lowest BCUT2D eigenvalue weighted by molar-refractivity contribution is -0.119. The second-order valence-corrected chi connectivity index (χ2v) is 4.40. The summed E-state index contributed by atoms with van der Waals surface area (Å²) in [6.45, 7) is 1.43. The summed E-state index contributed by atoms with van der Waals surface area (Å²) >= 11 is 0. The minimum Gasteiger partial charge on any atom is -0.494 e. The van der Waals surface area contributed by atoms with E-state index < -0.39 is 0 Å². The van der Waals surface area contributed by atoms with Gasteiger partial charge >= 0.3 is 0 Å². The van der Waals surface area contributed by atoms with E-state index in [4.69, 9.17) is 14.2 Å². The molecule has 1 aromatic rings. The van der Waals surface area contributed by atoms with Gasteiger partial charge in [0.15, 0.2) is 11.5 Å². The molecule has 0 saturated carbocycles. The SMILES string of the molecule is COc1cc(OC)c(N2CCC(=O)CC2)cc1OC. The third-order valence-electron chi connectivity index (χ3n) is 3.35. The zero-order valence-electron chi connectivity index (χ0n) is 11.6. The first-order valence-corrected chi connectivity index (χ1v) is 6.26. The molecule has 1 aliphatic heterocycles. The summed E-state index contributed by atoms with van der Waals surface area (Å²) in [4.78, 5) is 13.5. The van der Waals surface area contributed by atoms with Crippen molar-refractivity contribution in [1.29, 1.82) is 0 Å². The molecule has 0 atom stereocenters. The molecule has 0 unspecified atom stereocenters. The Hall–Kier alpha value is -1.91. The topological polar surface area (TPSA) is 48.0 Å². The fourth-order valence-corrected chi connectivity index (χ4v) is 2.26. The maximum Gasteiger partial charge on any atom is 0.164 e. The second-order valence-electron chi connectivity index (χ2n) is 4.40. The van der Waals surface area contributed by atoms with Crippen LogP contribution in [-0.4, -0.2) is 40.2 Å². The predicted octanol–water partition coefficient (Wildman–Crippen LogP) is 1.88. The summed E-state index contributed by atoms with van der Waals surface area (Å²) in [5.41, 5.74) is 0.938. The van der Waals surface area contributed by atoms with Crippen LogP contribution in [0.15, 0.2) is 12.1 Å². The molecule has 0 spiro atoms. The molecule has 5 heteroatoms. The minimum atomic E-state index is 0.315. The Bertz CT molecular complexity index is 463. The smallest absolute Gasteiger partial charge is 0.164 e. The van der Waals surface area contributed by atoms with Gasteiger partial charge in [-0.05, 0) is 0 Å². The monoisotopic (exact) mass is 265 g/mol. The number of nitrogens with zero attached hydrogens (tertiary/aromatic N) is 1. The van der Waals surface area contributed by atoms with Gasteiger partial charge in [0.2, 0.25) is 0 Å². The molecule has 2 rings (SSSR count). The summed E-state index contributed by atoms with van der Waals surface area (Å²) < 4.78 is 16.0. The fourth-order valence-electron chi connectivity index (χ4n) is 2.26. The number of ether oxygens (including phenoxy) is 3. The van der Waals surface area contributed by atoms with Gasteiger partial charge in [0.05, 0.1) is 27.0 Å². The van der Waals surface area contributed by atoms with Crippen molar-refractivity contribution >= 4 is 11.5 Å². The van der Waals surface area contributed by atoms with Crippen molar-refractivity contribution in [3.05, 3.63) is 12.1 Å². The highest BCUT2D eigenvalue weighted by molar-refractivity contribution is 5.81. The van der Waals surface area contributed by atoms with Crippen molar-refractivity contribution < 1.29 is 19.0 Å². The third kappa shape index (κ3) is 2.75. The van der Waals surface area contributed by atoms with Crippen LogP contribution in [-0.2, 0) is 4.79 Å². The largest absolute Gasteiger partial charge is 0.494 e. The number of Topliss-reactive ketones (excluding diaryl/α,β-unsaturated/α-hetero) is 1. The highest BCUT2D eigenvalue weighted by atomic mass is 16.5. The molecule has 0 radical (unpaired) electrons. The Morgan fingerprint density at radius 2 is 1.42 bits per heavy atom. The lowest BCUT2D eigenvalue weighted by atomic mass is 10.1. The third-order valence-corrected chi connectivity index (χ3v) is 3.35. The molecule has 0 N–H and O–H groups in total. The van der Waals surface area contributed by atoms with Crippen molar-refractivity contribution in [3.8, 4) is 17.2 Å². The van der Waals surface area contributed by atoms with E-state index in [1.807, 2.05) is 12.1 Å². The molecular formula is C14H19NO4. The molecule has 0 bridgehead atoms. The highest BCUT2D eigenvalue weighted by Crippen LogP contribution is 2.40. The van der Waals surface area contributed by atoms with E-state index in [-0.39, 0.29) is 0 Å². The molecule has 1 aliphatic rings. The maximum atomic E-state index is 11.3. The number of benzene rings is 1. The van der Waals surface area contributed by atoms with Crippen molar-refractivity contribution in [3.63, 3.8) is 0 Å². The van der Waals surface area contributed by atoms with Crippen LogP contribution in [0, 0.1) is 0 Å². The molecule has 0 amide bonds. The molecule has 1 saturated heterocycles. The zero-order chi connectivity index (χ0) is 13.8. The number of carbonyl (C=O) groups excluding carboxylic acids is 1. The average Bonchev–Trinajstić information content (AvgIpc) is 2.46. The van der Waals surface area contributed by atoms with E-state index in [0.29, 0.717) is 43.2 Å². The van der Waals surface area contributed by atoms with Crippen LogP contribution in [0.5, 0.6) is 17.2 Å². The molecule has 1 heterocycles. The lowest BCUT2D eigenvalue weighted by Gasteiger charge is -2.30. The van der Waals surface area contributed by atoms with Crippen LogP contribution in [0.25, 0.3) is 0 Å². The average molecular weight is 265 g/mol. The Labute approximate surface area is 113 Å². The van der Waals surface area contributed by atoms with E-state index >= 15 is 0 Å². The number of carbonyl (C=O) groups is 1. The van der Waals surface area contributed by atoms with Crippen molar-refractivity contribution in [2.24, 2.45) is 0 Å². The van der Waals surface area contributed by atoms with Crippen molar-refractivity contribution in [2.45, 2.75) is 12.8 Å². The van der Waals surface area contributed by atoms with E-state index in [0.717, 1.165) is 11.4 Å². The van der Waals surface area contributed by atoms with Crippen LogP contribution >= 0.6 is 0 Å². The summed E-state index contributed by atoms with van der Waals surface area (Å²) in [5.74, 6) is 2.34. The Morgan fingerprint density at radius 3 is 1.95 bits per heavy atom. The molecule has 5 nitrogen and oxygen atoms in total. The van der Waals surface area contributed by atoms with Gasteiger partial charge in [0.1, 0.15) is 11.5 Å². The number of anilines is 1. The van der Waals surface area contributed by atoms with Crippen LogP contribution < -0.4 is 19.1 Å². The van der Waals surface area contributed by atoms with Crippen LogP contribution in [0.2, 0.25) is 0 Å². The number of ketones is 1. The number of rotatable bonds is 4. The van der Waals surface area contributed by atoms with Gasteiger partial charge in [-0.1, -0.05) is 0 Å². The highest BCUT2D eigenvalue weighted by Gasteiger charge is 2.21. The normalized spacial score (nSPS) is 15.3. The fraction of sp³-hybridized carbons (Fsp3) is 0.500. The molecule has 0 aromatic heterocycles. The van der Waals surface area contributed by atoms with Gasteiger partial charge in [-0.2, -0.15) is 0 Å². The van der Waals surface area contributed by atoms with Gasteiger partial charge in [0.25, 0.3) is 0 Å². The number of methoxy groups -OCH3 is 3. The van der Waals surface area contributed by atoms with Crippen LogP contribution in [0.1, 0.15) is 12.8 Å². The van der Waals surface area contributed by atoms with Crippen LogP contribution in [0.3, 0.4) is 0 Å². The Kier molecular flexibility index (Phi) is 4.14. The first kappa shape index (κ1) is 13.5. The van der Waals surface area contributed by atoms with E-state index in [9.17, 15) is 4.79 Å². The van der Waals surface area contributed by atoms with Crippen molar-refractivity contribution in [2.75, 3.05) is 39.3 Å². The molecule has 1 fully saturated rings. The molecule has 0 aliphatic carbocycles. The standard InChI is InChI=1S/C14H19NO4/c1-17-12-9-14(19-3)13(18-2)8-11(12)15-6-4-10(16)5-7-15/h8-9H,4-7H2,1-3H3. The summed E-state index contributed by atoms with van der Waals surface area (Å²) in [7, 11) is 4.82. The molecule has 104 valence electrons. The predicted molar refractivity (Wildman–Crippen MR) is 72.6 cm³/mol. The number of hydrogen-bond acceptors (Lipinski definition) is 5. The maximum absolute atomic E-state index is 11.3. The quantitative estimate of drug-likeness (QED) is 0.832. The Morgan fingerprint density at radius 1 is 0.895 bits per heavy atom. The number of piperidine rings is 1.